The molecule has 0 spiro atoms. The van der Waals surface area contributed by atoms with Gasteiger partial charge in [0.15, 0.2) is 0 Å². The third-order valence-corrected chi connectivity index (χ3v) is 7.55. The van der Waals surface area contributed by atoms with Crippen molar-refractivity contribution in [3.63, 3.8) is 0 Å². The minimum Gasteiger partial charge on any atom is -0.381 e. The Hall–Kier alpha value is -3.31. The molecule has 2 N–H and O–H groups in total. The summed E-state index contributed by atoms with van der Waals surface area (Å²) >= 11 is 0. The average Bonchev–Trinajstić information content (AvgIpc) is 3.32. The number of halogens is 1. The second-order valence-corrected chi connectivity index (χ2v) is 10.0. The molecule has 0 bridgehead atoms. The highest BCUT2D eigenvalue weighted by molar-refractivity contribution is 6.07. The SMILES string of the molecule is CCC(C)n1cc(C(=O)NC2CCOCC2)c2cnc(Nc3ccnc(N4CC[C@@H](OC)[C@@H](F)C4)n3)cc21. The number of fused-ring (bicyclic) bond motifs is 1. The van der Waals surface area contributed by atoms with Gasteiger partial charge < -0.3 is 29.6 Å². The Bertz CT molecular complexity index is 1260. The molecule has 5 heterocycles. The Morgan fingerprint density at radius 3 is 2.82 bits per heavy atom. The van der Waals surface area contributed by atoms with E-state index in [4.69, 9.17) is 9.47 Å². The van der Waals surface area contributed by atoms with Gasteiger partial charge in [-0.2, -0.15) is 4.98 Å². The third-order valence-electron chi connectivity index (χ3n) is 7.55. The summed E-state index contributed by atoms with van der Waals surface area (Å²) < 4.78 is 27.2. The number of methoxy groups -OCH3 is 1. The van der Waals surface area contributed by atoms with E-state index in [-0.39, 0.29) is 24.5 Å². The van der Waals surface area contributed by atoms with Crippen LogP contribution in [0.1, 0.15) is 55.9 Å². The van der Waals surface area contributed by atoms with Crippen LogP contribution in [-0.2, 0) is 9.47 Å². The van der Waals surface area contributed by atoms with Gasteiger partial charge in [-0.1, -0.05) is 6.92 Å². The second kappa shape index (κ2) is 11.6. The van der Waals surface area contributed by atoms with Crippen molar-refractivity contribution in [1.82, 2.24) is 24.8 Å². The molecule has 2 aliphatic heterocycles. The topological polar surface area (TPSA) is 106 Å². The van der Waals surface area contributed by atoms with E-state index in [0.29, 0.717) is 49.3 Å². The third kappa shape index (κ3) is 5.58. The van der Waals surface area contributed by atoms with Crippen LogP contribution in [0.3, 0.4) is 0 Å². The Labute approximate surface area is 221 Å². The van der Waals surface area contributed by atoms with E-state index >= 15 is 0 Å². The molecule has 1 unspecified atom stereocenters. The molecule has 0 saturated carbocycles. The largest absolute Gasteiger partial charge is 0.381 e. The lowest BCUT2D eigenvalue weighted by atomic mass is 10.1. The Morgan fingerprint density at radius 2 is 2.08 bits per heavy atom. The number of amides is 1. The van der Waals surface area contributed by atoms with Crippen molar-refractivity contribution in [3.8, 4) is 0 Å². The highest BCUT2D eigenvalue weighted by atomic mass is 19.1. The van der Waals surface area contributed by atoms with Crippen molar-refractivity contribution in [1.29, 1.82) is 0 Å². The van der Waals surface area contributed by atoms with Gasteiger partial charge >= 0.3 is 0 Å². The van der Waals surface area contributed by atoms with Gasteiger partial charge in [0.05, 0.1) is 23.7 Å². The second-order valence-electron chi connectivity index (χ2n) is 10.0. The zero-order valence-corrected chi connectivity index (χ0v) is 22.2. The number of nitrogens with zero attached hydrogens (tertiary/aromatic N) is 5. The van der Waals surface area contributed by atoms with Crippen molar-refractivity contribution in [2.24, 2.45) is 0 Å². The van der Waals surface area contributed by atoms with Crippen LogP contribution in [0.5, 0.6) is 0 Å². The first-order valence-electron chi connectivity index (χ1n) is 13.4. The number of rotatable bonds is 8. The number of hydrogen-bond donors (Lipinski definition) is 2. The number of ether oxygens (including phenoxy) is 2. The summed E-state index contributed by atoms with van der Waals surface area (Å²) in [5.41, 5.74) is 1.54. The van der Waals surface area contributed by atoms with Gasteiger partial charge in [0.2, 0.25) is 5.95 Å². The quantitative estimate of drug-likeness (QED) is 0.454. The fourth-order valence-corrected chi connectivity index (χ4v) is 5.09. The molecule has 1 amide bonds. The normalized spacial score (nSPS) is 21.4. The van der Waals surface area contributed by atoms with Crippen LogP contribution in [0.15, 0.2) is 30.7 Å². The average molecular weight is 526 g/mol. The van der Waals surface area contributed by atoms with E-state index in [9.17, 15) is 9.18 Å². The highest BCUT2D eigenvalue weighted by Crippen LogP contribution is 2.29. The molecule has 2 fully saturated rings. The molecule has 3 aromatic rings. The van der Waals surface area contributed by atoms with E-state index < -0.39 is 12.3 Å². The van der Waals surface area contributed by atoms with Crippen molar-refractivity contribution < 1.29 is 18.7 Å². The molecule has 3 atom stereocenters. The van der Waals surface area contributed by atoms with Crippen LogP contribution in [0.25, 0.3) is 10.9 Å². The van der Waals surface area contributed by atoms with E-state index in [1.807, 2.05) is 17.2 Å². The molecule has 0 aromatic carbocycles. The van der Waals surface area contributed by atoms with Crippen LogP contribution >= 0.6 is 0 Å². The number of aromatic nitrogens is 4. The Kier molecular flexibility index (Phi) is 8.04. The predicted molar refractivity (Wildman–Crippen MR) is 144 cm³/mol. The van der Waals surface area contributed by atoms with Crippen LogP contribution in [-0.4, -0.2) is 77.2 Å². The molecule has 10 nitrogen and oxygen atoms in total. The lowest BCUT2D eigenvalue weighted by Crippen LogP contribution is -2.46. The number of alkyl halides is 1. The molecular formula is C27H36FN7O3. The number of pyridine rings is 1. The first-order chi connectivity index (χ1) is 18.5. The van der Waals surface area contributed by atoms with Crippen molar-refractivity contribution >= 4 is 34.4 Å². The van der Waals surface area contributed by atoms with Crippen LogP contribution in [0.4, 0.5) is 22.0 Å². The maximum atomic E-state index is 14.4. The molecule has 2 saturated heterocycles. The summed E-state index contributed by atoms with van der Waals surface area (Å²) in [5, 5.41) is 7.23. The first-order valence-corrected chi connectivity index (χ1v) is 13.4. The summed E-state index contributed by atoms with van der Waals surface area (Å²) in [7, 11) is 1.54. The fourth-order valence-electron chi connectivity index (χ4n) is 5.09. The van der Waals surface area contributed by atoms with Crippen molar-refractivity contribution in [3.05, 3.63) is 36.3 Å². The molecular weight excluding hydrogens is 489 g/mol. The Balaban J connectivity index is 1.38. The van der Waals surface area contributed by atoms with Crippen molar-refractivity contribution in [2.75, 3.05) is 43.6 Å². The minimum atomic E-state index is -1.09. The van der Waals surface area contributed by atoms with E-state index in [2.05, 4.69) is 44.0 Å². The molecule has 0 aliphatic carbocycles. The van der Waals surface area contributed by atoms with Crippen LogP contribution in [0.2, 0.25) is 0 Å². The maximum absolute atomic E-state index is 14.4. The van der Waals surface area contributed by atoms with Gasteiger partial charge in [-0.15, -0.1) is 0 Å². The standard InChI is InChI=1S/C27H36FN7O3/c1-4-17(2)35-15-20(26(36)31-18-7-11-38-12-8-18)19-14-30-25(13-22(19)35)32-24-5-9-29-27(33-24)34-10-6-23(37-3)21(28)16-34/h5,9,13-15,17-18,21,23H,4,6-8,10-12,16H2,1-3H3,(H,31,36)(H,29,30,32,33)/t17?,21-,23+/m0/s1. The molecule has 204 valence electrons. The summed E-state index contributed by atoms with van der Waals surface area (Å²) in [6.45, 7) is 6.40. The highest BCUT2D eigenvalue weighted by Gasteiger charge is 2.30. The molecule has 38 heavy (non-hydrogen) atoms. The monoisotopic (exact) mass is 525 g/mol. The van der Waals surface area contributed by atoms with Gasteiger partial charge in [-0.3, -0.25) is 4.79 Å². The molecule has 11 heteroatoms. The van der Waals surface area contributed by atoms with E-state index in [1.165, 1.54) is 7.11 Å². The van der Waals surface area contributed by atoms with Gasteiger partial charge in [-0.05, 0) is 38.7 Å². The zero-order valence-electron chi connectivity index (χ0n) is 22.2. The number of carbonyl (C=O) groups is 1. The summed E-state index contributed by atoms with van der Waals surface area (Å²) in [5.74, 6) is 1.53. The lowest BCUT2D eigenvalue weighted by Gasteiger charge is -2.33. The summed E-state index contributed by atoms with van der Waals surface area (Å²) in [4.78, 5) is 28.6. The number of anilines is 3. The van der Waals surface area contributed by atoms with Crippen LogP contribution < -0.4 is 15.5 Å². The maximum Gasteiger partial charge on any atom is 0.253 e. The van der Waals surface area contributed by atoms with Gasteiger partial charge in [0, 0.05) is 69.0 Å². The summed E-state index contributed by atoms with van der Waals surface area (Å²) in [6, 6.07) is 4.01. The summed E-state index contributed by atoms with van der Waals surface area (Å²) in [6.07, 6.45) is 6.96. The minimum absolute atomic E-state index is 0.0877. The molecule has 0 radical (unpaired) electrons. The number of carbonyl (C=O) groups excluding carboxylic acids is 1. The van der Waals surface area contributed by atoms with E-state index in [1.54, 1.807) is 18.5 Å². The van der Waals surface area contributed by atoms with Crippen molar-refractivity contribution in [2.45, 2.75) is 63.9 Å². The number of nitrogens with one attached hydrogen (secondary N) is 2. The van der Waals surface area contributed by atoms with Gasteiger partial charge in [0.1, 0.15) is 17.8 Å². The molecule has 3 aromatic heterocycles. The first kappa shape index (κ1) is 26.3. The number of piperidine rings is 1. The Morgan fingerprint density at radius 1 is 1.26 bits per heavy atom. The fraction of sp³-hybridized carbons (Fsp3) is 0.556. The van der Waals surface area contributed by atoms with Gasteiger partial charge in [-0.25, -0.2) is 14.4 Å². The predicted octanol–water partition coefficient (Wildman–Crippen LogP) is 4.01. The number of hydrogen-bond acceptors (Lipinski definition) is 8. The lowest BCUT2D eigenvalue weighted by molar-refractivity contribution is 0.0194. The van der Waals surface area contributed by atoms with E-state index in [0.717, 1.165) is 30.2 Å². The van der Waals surface area contributed by atoms with Crippen LogP contribution in [0, 0.1) is 0 Å². The van der Waals surface area contributed by atoms with Gasteiger partial charge in [0.25, 0.3) is 5.91 Å². The molecule has 5 rings (SSSR count). The smallest absolute Gasteiger partial charge is 0.253 e. The molecule has 2 aliphatic rings. The zero-order chi connectivity index (χ0) is 26.6.